The normalized spacial score (nSPS) is 14.3. The van der Waals surface area contributed by atoms with Gasteiger partial charge in [-0.25, -0.2) is 9.55 Å². The topological polar surface area (TPSA) is 79.6 Å². The molecule has 4 rings (SSSR count). The molecule has 2 N–H and O–H groups in total. The van der Waals surface area contributed by atoms with E-state index >= 15 is 0 Å². The molecule has 29 heavy (non-hydrogen) atoms. The van der Waals surface area contributed by atoms with Gasteiger partial charge in [0.05, 0.1) is 30.9 Å². The maximum Gasteiger partial charge on any atom is 0.268 e. The van der Waals surface area contributed by atoms with Crippen LogP contribution >= 0.6 is 22.9 Å². The van der Waals surface area contributed by atoms with Crippen LogP contribution in [0.4, 0.5) is 5.95 Å². The van der Waals surface area contributed by atoms with Gasteiger partial charge in [0.25, 0.3) is 5.56 Å². The van der Waals surface area contributed by atoms with Crippen molar-refractivity contribution in [1.82, 2.24) is 14.5 Å². The Morgan fingerprint density at radius 1 is 1.31 bits per heavy atom. The van der Waals surface area contributed by atoms with E-state index in [9.17, 15) is 4.79 Å². The van der Waals surface area contributed by atoms with Gasteiger partial charge in [-0.2, -0.15) is 0 Å². The SMILES string of the molecule is CN1CCc2c(sc3nc(NCCOCCO)n(-c4ccc(Cl)cc4)c(=O)c23)C1. The van der Waals surface area contributed by atoms with E-state index in [4.69, 9.17) is 26.4 Å². The summed E-state index contributed by atoms with van der Waals surface area (Å²) in [7, 11) is 2.09. The minimum atomic E-state index is -0.0712. The third-order valence-electron chi connectivity index (χ3n) is 4.92. The van der Waals surface area contributed by atoms with Gasteiger partial charge in [-0.15, -0.1) is 11.3 Å². The molecule has 0 radical (unpaired) electrons. The molecule has 0 unspecified atom stereocenters. The van der Waals surface area contributed by atoms with Crippen LogP contribution in [-0.2, 0) is 17.7 Å². The number of thiophene rings is 1. The molecule has 2 aromatic heterocycles. The Hall–Kier alpha value is -1.97. The summed E-state index contributed by atoms with van der Waals surface area (Å²) in [5, 5.41) is 13.4. The highest BCUT2D eigenvalue weighted by Crippen LogP contribution is 2.33. The van der Waals surface area contributed by atoms with E-state index in [1.54, 1.807) is 28.0 Å². The van der Waals surface area contributed by atoms with Crippen LogP contribution in [0.5, 0.6) is 0 Å². The molecule has 0 fully saturated rings. The van der Waals surface area contributed by atoms with Gasteiger partial charge in [0.2, 0.25) is 5.95 Å². The summed E-state index contributed by atoms with van der Waals surface area (Å²) in [4.78, 5) is 22.6. The lowest BCUT2D eigenvalue weighted by atomic mass is 10.1. The second-order valence-corrected chi connectivity index (χ2v) is 8.51. The maximum atomic E-state index is 13.6. The number of halogens is 1. The lowest BCUT2D eigenvalue weighted by Crippen LogP contribution is -2.28. The molecule has 0 saturated heterocycles. The lowest BCUT2D eigenvalue weighted by molar-refractivity contribution is 0.0991. The Labute approximate surface area is 177 Å². The van der Waals surface area contributed by atoms with Gasteiger partial charge < -0.3 is 20.1 Å². The highest BCUT2D eigenvalue weighted by atomic mass is 35.5. The molecule has 9 heteroatoms. The predicted molar refractivity (Wildman–Crippen MR) is 117 cm³/mol. The monoisotopic (exact) mass is 434 g/mol. The van der Waals surface area contributed by atoms with E-state index in [1.165, 1.54) is 4.88 Å². The quantitative estimate of drug-likeness (QED) is 0.556. The molecule has 0 bridgehead atoms. The standard InChI is InChI=1S/C20H23ClN4O3S/c1-24-8-6-15-16(12-24)29-18-17(15)19(27)25(14-4-2-13(21)3-5-14)20(23-18)22-7-10-28-11-9-26/h2-5,26H,6-12H2,1H3,(H,22,23). The molecule has 154 valence electrons. The van der Waals surface area contributed by atoms with Crippen molar-refractivity contribution in [2.24, 2.45) is 0 Å². The van der Waals surface area contributed by atoms with Gasteiger partial charge in [0.15, 0.2) is 0 Å². The van der Waals surface area contributed by atoms with Crippen LogP contribution in [0.1, 0.15) is 10.4 Å². The van der Waals surface area contributed by atoms with Gasteiger partial charge in [-0.1, -0.05) is 11.6 Å². The lowest BCUT2D eigenvalue weighted by Gasteiger charge is -2.21. The molecule has 0 saturated carbocycles. The molecule has 0 amide bonds. The number of hydrogen-bond acceptors (Lipinski definition) is 7. The number of anilines is 1. The molecular formula is C20H23ClN4O3S. The number of aliphatic hydroxyl groups excluding tert-OH is 1. The van der Waals surface area contributed by atoms with Gasteiger partial charge in [-0.05, 0) is 43.3 Å². The Bertz CT molecular complexity index is 1060. The Morgan fingerprint density at radius 2 is 2.10 bits per heavy atom. The van der Waals surface area contributed by atoms with E-state index in [2.05, 4.69) is 17.3 Å². The summed E-state index contributed by atoms with van der Waals surface area (Å²) in [6.07, 6.45) is 0.852. The average molecular weight is 435 g/mol. The Kier molecular flexibility index (Phi) is 6.17. The van der Waals surface area contributed by atoms with Crippen molar-refractivity contribution in [3.05, 3.63) is 50.1 Å². The van der Waals surface area contributed by atoms with Crippen molar-refractivity contribution < 1.29 is 9.84 Å². The van der Waals surface area contributed by atoms with Crippen LogP contribution in [0.2, 0.25) is 5.02 Å². The largest absolute Gasteiger partial charge is 0.394 e. The highest BCUT2D eigenvalue weighted by Gasteiger charge is 2.24. The summed E-state index contributed by atoms with van der Waals surface area (Å²) in [5.74, 6) is 0.476. The van der Waals surface area contributed by atoms with E-state index in [0.29, 0.717) is 29.8 Å². The van der Waals surface area contributed by atoms with Crippen LogP contribution in [0, 0.1) is 0 Å². The number of benzene rings is 1. The predicted octanol–water partition coefficient (Wildman–Crippen LogP) is 2.51. The number of aromatic nitrogens is 2. The zero-order valence-corrected chi connectivity index (χ0v) is 17.7. The molecule has 3 heterocycles. The molecule has 0 atom stereocenters. The van der Waals surface area contributed by atoms with Crippen molar-refractivity contribution in [2.45, 2.75) is 13.0 Å². The number of aliphatic hydroxyl groups is 1. The van der Waals surface area contributed by atoms with E-state index in [0.717, 1.165) is 35.3 Å². The first-order valence-corrected chi connectivity index (χ1v) is 10.7. The summed E-state index contributed by atoms with van der Waals surface area (Å²) in [6, 6.07) is 7.16. The number of ether oxygens (including phenoxy) is 1. The van der Waals surface area contributed by atoms with Crippen LogP contribution in [0.3, 0.4) is 0 Å². The van der Waals surface area contributed by atoms with E-state index < -0.39 is 0 Å². The minimum absolute atomic E-state index is 0.0190. The van der Waals surface area contributed by atoms with Crippen molar-refractivity contribution in [3.63, 3.8) is 0 Å². The van der Waals surface area contributed by atoms with Gasteiger partial charge in [0, 0.05) is 29.5 Å². The van der Waals surface area contributed by atoms with Crippen LogP contribution < -0.4 is 10.9 Å². The molecular weight excluding hydrogens is 412 g/mol. The van der Waals surface area contributed by atoms with Gasteiger partial charge in [-0.3, -0.25) is 4.79 Å². The molecule has 3 aromatic rings. The Morgan fingerprint density at radius 3 is 2.86 bits per heavy atom. The van der Waals surface area contributed by atoms with E-state index in [1.807, 2.05) is 12.1 Å². The molecule has 0 aliphatic carbocycles. The molecule has 1 aromatic carbocycles. The fraction of sp³-hybridized carbons (Fsp3) is 0.400. The van der Waals surface area contributed by atoms with Crippen molar-refractivity contribution in [2.75, 3.05) is 45.3 Å². The first-order chi connectivity index (χ1) is 14.1. The first-order valence-electron chi connectivity index (χ1n) is 9.52. The van der Waals surface area contributed by atoms with Gasteiger partial charge in [0.1, 0.15) is 4.83 Å². The highest BCUT2D eigenvalue weighted by molar-refractivity contribution is 7.18. The zero-order chi connectivity index (χ0) is 20.4. The summed E-state index contributed by atoms with van der Waals surface area (Å²) in [5.41, 5.74) is 1.76. The summed E-state index contributed by atoms with van der Waals surface area (Å²) in [6.45, 7) is 2.91. The van der Waals surface area contributed by atoms with Crippen LogP contribution in [0.25, 0.3) is 15.9 Å². The second kappa shape index (κ2) is 8.81. The van der Waals surface area contributed by atoms with Crippen molar-refractivity contribution in [3.8, 4) is 5.69 Å². The first kappa shape index (κ1) is 20.3. The smallest absolute Gasteiger partial charge is 0.268 e. The van der Waals surface area contributed by atoms with Crippen molar-refractivity contribution >= 4 is 39.1 Å². The number of likely N-dealkylation sites (N-methyl/N-ethyl adjacent to an activating group) is 1. The maximum absolute atomic E-state index is 13.6. The zero-order valence-electron chi connectivity index (χ0n) is 16.2. The molecule has 1 aliphatic heterocycles. The molecule has 0 spiro atoms. The van der Waals surface area contributed by atoms with E-state index in [-0.39, 0.29) is 18.8 Å². The number of nitrogens with one attached hydrogen (secondary N) is 1. The number of hydrogen-bond donors (Lipinski definition) is 2. The fourth-order valence-corrected chi connectivity index (χ4v) is 4.94. The summed E-state index contributed by atoms with van der Waals surface area (Å²) < 4.78 is 6.92. The second-order valence-electron chi connectivity index (χ2n) is 6.99. The number of fused-ring (bicyclic) bond motifs is 3. The van der Waals surface area contributed by atoms with Crippen LogP contribution in [0.15, 0.2) is 29.1 Å². The molecule has 1 aliphatic rings. The summed E-state index contributed by atoms with van der Waals surface area (Å²) >= 11 is 7.63. The number of rotatable bonds is 7. The van der Waals surface area contributed by atoms with Crippen LogP contribution in [-0.4, -0.2) is 59.5 Å². The average Bonchev–Trinajstić information content (AvgIpc) is 3.06. The Balaban J connectivity index is 1.80. The fourth-order valence-electron chi connectivity index (χ4n) is 3.52. The molecule has 7 nitrogen and oxygen atoms in total. The van der Waals surface area contributed by atoms with Gasteiger partial charge >= 0.3 is 0 Å². The van der Waals surface area contributed by atoms with Crippen molar-refractivity contribution in [1.29, 1.82) is 0 Å². The number of nitrogens with zero attached hydrogens (tertiary/aromatic N) is 3. The third kappa shape index (κ3) is 4.17. The third-order valence-corrected chi connectivity index (χ3v) is 6.28. The minimum Gasteiger partial charge on any atom is -0.394 e.